The van der Waals surface area contributed by atoms with E-state index >= 15 is 0 Å². The summed E-state index contributed by atoms with van der Waals surface area (Å²) in [5, 5.41) is 0.704. The van der Waals surface area contributed by atoms with E-state index in [4.69, 9.17) is 22.1 Å². The summed E-state index contributed by atoms with van der Waals surface area (Å²) in [6.45, 7) is 3.86. The highest BCUT2D eigenvalue weighted by molar-refractivity contribution is 6.30. The molecule has 0 radical (unpaired) electrons. The maximum absolute atomic E-state index is 12.5. The molecule has 0 aromatic heterocycles. The molecule has 2 N–H and O–H groups in total. The van der Waals surface area contributed by atoms with Gasteiger partial charge in [-0.2, -0.15) is 0 Å². The van der Waals surface area contributed by atoms with Crippen LogP contribution in [0, 0.1) is 0 Å². The fourth-order valence-corrected chi connectivity index (χ4v) is 2.37. The second-order valence-corrected chi connectivity index (χ2v) is 5.88. The largest absolute Gasteiger partial charge is 0.380 e. The number of hydrogen-bond acceptors (Lipinski definition) is 3. The van der Waals surface area contributed by atoms with Crippen LogP contribution in [-0.2, 0) is 16.1 Å². The molecular formula is C17H28Cl2N2O2. The molecule has 0 saturated carbocycles. The summed E-state index contributed by atoms with van der Waals surface area (Å²) >= 11 is 5.91. The monoisotopic (exact) mass is 362 g/mol. The number of benzene rings is 1. The number of halogens is 2. The van der Waals surface area contributed by atoms with E-state index in [1.807, 2.05) is 29.2 Å². The van der Waals surface area contributed by atoms with Crippen LogP contribution in [-0.4, -0.2) is 37.1 Å². The Hall–Kier alpha value is -0.810. The van der Waals surface area contributed by atoms with Crippen molar-refractivity contribution in [2.24, 2.45) is 5.73 Å². The Morgan fingerprint density at radius 2 is 1.96 bits per heavy atom. The summed E-state index contributed by atoms with van der Waals surface area (Å²) in [5.74, 6) is 0.0864. The topological polar surface area (TPSA) is 55.6 Å². The predicted octanol–water partition coefficient (Wildman–Crippen LogP) is 3.64. The molecule has 6 heteroatoms. The van der Waals surface area contributed by atoms with Crippen molar-refractivity contribution in [3.63, 3.8) is 0 Å². The Bertz CT molecular complexity index is 437. The molecule has 132 valence electrons. The Balaban J connectivity index is 0.00000484. The average molecular weight is 363 g/mol. The molecular weight excluding hydrogens is 335 g/mol. The van der Waals surface area contributed by atoms with Gasteiger partial charge in [0.05, 0.1) is 12.5 Å². The smallest absolute Gasteiger partial charge is 0.225 e. The van der Waals surface area contributed by atoms with Crippen molar-refractivity contribution in [3.8, 4) is 0 Å². The van der Waals surface area contributed by atoms with Gasteiger partial charge in [-0.25, -0.2) is 0 Å². The molecule has 0 aliphatic heterocycles. The molecule has 0 aliphatic carbocycles. The average Bonchev–Trinajstić information content (AvgIpc) is 2.53. The normalized spacial score (nSPS) is 11.7. The number of carbonyl (C=O) groups is 1. The van der Waals surface area contributed by atoms with Gasteiger partial charge in [0.15, 0.2) is 0 Å². The van der Waals surface area contributed by atoms with E-state index in [9.17, 15) is 4.79 Å². The zero-order valence-electron chi connectivity index (χ0n) is 14.0. The number of ether oxygens (including phenoxy) is 1. The van der Waals surface area contributed by atoms with Gasteiger partial charge in [0.2, 0.25) is 5.91 Å². The van der Waals surface area contributed by atoms with Crippen molar-refractivity contribution in [2.45, 2.75) is 45.3 Å². The lowest BCUT2D eigenvalue weighted by molar-refractivity contribution is -0.134. The highest BCUT2D eigenvalue weighted by Gasteiger charge is 2.18. The van der Waals surface area contributed by atoms with Crippen LogP contribution in [0.1, 0.15) is 38.2 Å². The van der Waals surface area contributed by atoms with Crippen LogP contribution >= 0.6 is 24.0 Å². The first-order valence-corrected chi connectivity index (χ1v) is 8.23. The summed E-state index contributed by atoms with van der Waals surface area (Å²) < 4.78 is 5.22. The molecule has 1 unspecified atom stereocenters. The zero-order valence-corrected chi connectivity index (χ0v) is 15.5. The molecule has 1 atom stereocenters. The highest BCUT2D eigenvalue weighted by Crippen LogP contribution is 2.14. The summed E-state index contributed by atoms with van der Waals surface area (Å²) in [5.41, 5.74) is 6.69. The predicted molar refractivity (Wildman–Crippen MR) is 98.1 cm³/mol. The quantitative estimate of drug-likeness (QED) is 0.646. The Kier molecular flexibility index (Phi) is 12.1. The number of carbonyl (C=O) groups excluding carboxylic acids is 1. The maximum Gasteiger partial charge on any atom is 0.225 e. The second-order valence-electron chi connectivity index (χ2n) is 5.45. The van der Waals surface area contributed by atoms with E-state index in [1.54, 1.807) is 7.11 Å². The molecule has 4 nitrogen and oxygen atoms in total. The van der Waals surface area contributed by atoms with Crippen molar-refractivity contribution in [3.05, 3.63) is 34.9 Å². The lowest BCUT2D eigenvalue weighted by atomic mass is 10.1. The molecule has 0 bridgehead atoms. The van der Waals surface area contributed by atoms with E-state index in [0.717, 1.165) is 31.4 Å². The molecule has 1 aromatic carbocycles. The number of methoxy groups -OCH3 is 1. The summed E-state index contributed by atoms with van der Waals surface area (Å²) in [6, 6.07) is 7.62. The van der Waals surface area contributed by atoms with Crippen molar-refractivity contribution in [1.29, 1.82) is 0 Å². The van der Waals surface area contributed by atoms with Crippen LogP contribution in [0.2, 0.25) is 5.02 Å². The maximum atomic E-state index is 12.5. The molecule has 0 aliphatic rings. The number of amides is 1. The third-order valence-corrected chi connectivity index (χ3v) is 3.92. The molecule has 23 heavy (non-hydrogen) atoms. The minimum Gasteiger partial charge on any atom is -0.380 e. The lowest BCUT2D eigenvalue weighted by Crippen LogP contribution is -2.36. The van der Waals surface area contributed by atoms with Gasteiger partial charge in [-0.3, -0.25) is 4.79 Å². The van der Waals surface area contributed by atoms with Crippen LogP contribution in [0.3, 0.4) is 0 Å². The molecule has 1 rings (SSSR count). The highest BCUT2D eigenvalue weighted by atomic mass is 35.5. The van der Waals surface area contributed by atoms with Gasteiger partial charge >= 0.3 is 0 Å². The van der Waals surface area contributed by atoms with Crippen LogP contribution in [0.5, 0.6) is 0 Å². The van der Waals surface area contributed by atoms with Gasteiger partial charge < -0.3 is 15.4 Å². The number of rotatable bonds is 10. The van der Waals surface area contributed by atoms with Crippen molar-refractivity contribution < 1.29 is 9.53 Å². The van der Waals surface area contributed by atoms with E-state index in [0.29, 0.717) is 24.5 Å². The van der Waals surface area contributed by atoms with E-state index in [-0.39, 0.29) is 24.4 Å². The Morgan fingerprint density at radius 1 is 1.30 bits per heavy atom. The van der Waals surface area contributed by atoms with E-state index < -0.39 is 0 Å². The Labute approximate surface area is 150 Å². The minimum absolute atomic E-state index is 0. The van der Waals surface area contributed by atoms with Crippen molar-refractivity contribution in [2.75, 3.05) is 20.2 Å². The number of hydrogen-bond donors (Lipinski definition) is 1. The summed E-state index contributed by atoms with van der Waals surface area (Å²) in [6.07, 6.45) is 3.37. The van der Waals surface area contributed by atoms with E-state index in [2.05, 4.69) is 6.92 Å². The minimum atomic E-state index is -0.216. The molecule has 1 amide bonds. The van der Waals surface area contributed by atoms with Gasteiger partial charge in [0, 0.05) is 31.8 Å². The summed E-state index contributed by atoms with van der Waals surface area (Å²) in [7, 11) is 1.59. The van der Waals surface area contributed by atoms with Crippen LogP contribution in [0.25, 0.3) is 0 Å². The van der Waals surface area contributed by atoms with Gasteiger partial charge in [-0.15, -0.1) is 12.4 Å². The third kappa shape index (κ3) is 8.56. The van der Waals surface area contributed by atoms with Gasteiger partial charge in [-0.05, 0) is 24.1 Å². The molecule has 0 saturated heterocycles. The molecule has 1 aromatic rings. The van der Waals surface area contributed by atoms with Crippen molar-refractivity contribution in [1.82, 2.24) is 4.90 Å². The van der Waals surface area contributed by atoms with E-state index in [1.165, 1.54) is 0 Å². The summed E-state index contributed by atoms with van der Waals surface area (Å²) in [4.78, 5) is 14.4. The SMILES string of the molecule is CCCCCN(Cc1ccc(Cl)cc1)C(=O)CC(CN)OC.Cl. The zero-order chi connectivity index (χ0) is 16.4. The Morgan fingerprint density at radius 3 is 2.48 bits per heavy atom. The number of nitrogens with zero attached hydrogens (tertiary/aromatic N) is 1. The molecule has 0 spiro atoms. The second kappa shape index (κ2) is 12.6. The first kappa shape index (κ1) is 22.2. The first-order chi connectivity index (χ1) is 10.6. The first-order valence-electron chi connectivity index (χ1n) is 7.85. The molecule has 0 heterocycles. The molecule has 0 fully saturated rings. The lowest BCUT2D eigenvalue weighted by Gasteiger charge is -2.25. The van der Waals surface area contributed by atoms with Gasteiger partial charge in [0.25, 0.3) is 0 Å². The fraction of sp³-hybridized carbons (Fsp3) is 0.588. The van der Waals surface area contributed by atoms with Crippen molar-refractivity contribution >= 4 is 29.9 Å². The fourth-order valence-electron chi connectivity index (χ4n) is 2.24. The van der Waals surface area contributed by atoms with Gasteiger partial charge in [-0.1, -0.05) is 43.5 Å². The van der Waals surface area contributed by atoms with Crippen LogP contribution < -0.4 is 5.73 Å². The van der Waals surface area contributed by atoms with Crippen LogP contribution in [0.4, 0.5) is 0 Å². The third-order valence-electron chi connectivity index (χ3n) is 3.67. The van der Waals surface area contributed by atoms with Gasteiger partial charge in [0.1, 0.15) is 0 Å². The number of nitrogens with two attached hydrogens (primary N) is 1. The standard InChI is InChI=1S/C17H27ClN2O2.ClH/c1-3-4-5-10-20(17(21)11-16(12-19)22-2)13-14-6-8-15(18)9-7-14;/h6-9,16H,3-5,10-13,19H2,1-2H3;1H. The van der Waals surface area contributed by atoms with Crippen LogP contribution in [0.15, 0.2) is 24.3 Å². The number of unbranched alkanes of at least 4 members (excludes halogenated alkanes) is 2.